The van der Waals surface area contributed by atoms with Crippen molar-refractivity contribution in [2.24, 2.45) is 0 Å². The fourth-order valence-corrected chi connectivity index (χ4v) is 1.22. The fraction of sp³-hybridized carbons (Fsp3) is 0.286. The molecule has 1 atom stereocenters. The monoisotopic (exact) mass is 180 g/mol. The van der Waals surface area contributed by atoms with Crippen molar-refractivity contribution in [3.63, 3.8) is 0 Å². The highest BCUT2D eigenvalue weighted by Crippen LogP contribution is 2.19. The molecule has 0 spiro atoms. The summed E-state index contributed by atoms with van der Waals surface area (Å²) in [6, 6.07) is 0. The number of carbonyl (C=O) groups excluding carboxylic acids is 1. The van der Waals surface area contributed by atoms with Crippen LogP contribution in [0.3, 0.4) is 0 Å². The molecule has 6 nitrogen and oxygen atoms in total. The van der Waals surface area contributed by atoms with Crippen LogP contribution in [-0.2, 0) is 4.79 Å². The van der Waals surface area contributed by atoms with Gasteiger partial charge in [-0.15, -0.1) is 0 Å². The Morgan fingerprint density at radius 1 is 1.69 bits per heavy atom. The van der Waals surface area contributed by atoms with E-state index in [4.69, 9.17) is 0 Å². The summed E-state index contributed by atoms with van der Waals surface area (Å²) in [5.41, 5.74) is 0.504. The van der Waals surface area contributed by atoms with E-state index < -0.39 is 6.23 Å². The van der Waals surface area contributed by atoms with E-state index in [1.807, 2.05) is 0 Å². The molecule has 0 bridgehead atoms. The third kappa shape index (κ3) is 1.11. The zero-order valence-electron chi connectivity index (χ0n) is 6.93. The van der Waals surface area contributed by atoms with Gasteiger partial charge in [0, 0.05) is 5.57 Å². The lowest BCUT2D eigenvalue weighted by Gasteiger charge is -2.16. The number of nitrogens with one attached hydrogen (secondary N) is 1. The highest BCUT2D eigenvalue weighted by atomic mass is 16.3. The van der Waals surface area contributed by atoms with Gasteiger partial charge in [-0.25, -0.2) is 10.00 Å². The SMILES string of the molecule is CC1=CC(O)N(c2ncn[nH]2)C1=O. The van der Waals surface area contributed by atoms with Gasteiger partial charge in [0.1, 0.15) is 6.33 Å². The second-order valence-corrected chi connectivity index (χ2v) is 2.75. The molecule has 1 aromatic heterocycles. The van der Waals surface area contributed by atoms with Crippen molar-refractivity contribution < 1.29 is 9.90 Å². The Labute approximate surface area is 73.9 Å². The number of hydrogen-bond donors (Lipinski definition) is 2. The van der Waals surface area contributed by atoms with E-state index in [-0.39, 0.29) is 11.9 Å². The minimum Gasteiger partial charge on any atom is -0.369 e. The minimum atomic E-state index is -0.944. The number of aromatic amines is 1. The molecule has 1 amide bonds. The lowest BCUT2D eigenvalue weighted by molar-refractivity contribution is -0.115. The second-order valence-electron chi connectivity index (χ2n) is 2.75. The smallest absolute Gasteiger partial charge is 0.258 e. The number of carbonyl (C=O) groups is 1. The highest BCUT2D eigenvalue weighted by Gasteiger charge is 2.31. The van der Waals surface area contributed by atoms with Crippen LogP contribution in [0, 0.1) is 0 Å². The Morgan fingerprint density at radius 3 is 2.92 bits per heavy atom. The van der Waals surface area contributed by atoms with Gasteiger partial charge >= 0.3 is 0 Å². The molecule has 1 aromatic rings. The standard InChI is InChI=1S/C7H8N4O2/c1-4-2-5(12)11(6(4)13)7-8-3-9-10-7/h2-3,5,12H,1H3,(H,8,9,10). The van der Waals surface area contributed by atoms with Gasteiger partial charge < -0.3 is 5.11 Å². The molecule has 0 fully saturated rings. The topological polar surface area (TPSA) is 82.1 Å². The molecule has 2 N–H and O–H groups in total. The summed E-state index contributed by atoms with van der Waals surface area (Å²) < 4.78 is 0. The average molecular weight is 180 g/mol. The Kier molecular flexibility index (Phi) is 1.63. The summed E-state index contributed by atoms with van der Waals surface area (Å²) in [7, 11) is 0. The number of H-pyrrole nitrogens is 1. The van der Waals surface area contributed by atoms with Gasteiger partial charge in [-0.3, -0.25) is 4.79 Å². The van der Waals surface area contributed by atoms with Gasteiger partial charge in [0.05, 0.1) is 0 Å². The number of aliphatic hydroxyl groups is 1. The van der Waals surface area contributed by atoms with Gasteiger partial charge in [-0.05, 0) is 13.0 Å². The second kappa shape index (κ2) is 2.67. The first-order valence-electron chi connectivity index (χ1n) is 3.75. The van der Waals surface area contributed by atoms with Crippen molar-refractivity contribution in [3.8, 4) is 0 Å². The van der Waals surface area contributed by atoms with E-state index in [1.165, 1.54) is 12.4 Å². The van der Waals surface area contributed by atoms with Crippen LogP contribution in [0.15, 0.2) is 18.0 Å². The molecule has 6 heteroatoms. The summed E-state index contributed by atoms with van der Waals surface area (Å²) >= 11 is 0. The lowest BCUT2D eigenvalue weighted by atomic mass is 10.3. The third-order valence-corrected chi connectivity index (χ3v) is 1.85. The molecular weight excluding hydrogens is 172 g/mol. The highest BCUT2D eigenvalue weighted by molar-refractivity contribution is 6.07. The molecule has 1 unspecified atom stereocenters. The van der Waals surface area contributed by atoms with Crippen LogP contribution in [0.2, 0.25) is 0 Å². The zero-order valence-corrected chi connectivity index (χ0v) is 6.93. The van der Waals surface area contributed by atoms with Crippen LogP contribution >= 0.6 is 0 Å². The summed E-state index contributed by atoms with van der Waals surface area (Å²) in [4.78, 5) is 16.3. The number of nitrogens with zero attached hydrogens (tertiary/aromatic N) is 3. The normalized spacial score (nSPS) is 22.3. The van der Waals surface area contributed by atoms with Crippen LogP contribution in [0.5, 0.6) is 0 Å². The summed E-state index contributed by atoms with van der Waals surface area (Å²) in [6.07, 6.45) is 1.80. The van der Waals surface area contributed by atoms with Gasteiger partial charge in [-0.2, -0.15) is 10.1 Å². The molecule has 2 rings (SSSR count). The van der Waals surface area contributed by atoms with Crippen LogP contribution < -0.4 is 4.90 Å². The van der Waals surface area contributed by atoms with Crippen molar-refractivity contribution >= 4 is 11.9 Å². The molecule has 0 aliphatic carbocycles. The number of amides is 1. The summed E-state index contributed by atoms with van der Waals surface area (Å²) in [6.45, 7) is 1.64. The Hall–Kier alpha value is -1.69. The predicted molar refractivity (Wildman–Crippen MR) is 43.6 cm³/mol. The molecule has 2 heterocycles. The van der Waals surface area contributed by atoms with Crippen molar-refractivity contribution in [2.75, 3.05) is 4.90 Å². The number of hydrogen-bond acceptors (Lipinski definition) is 4. The summed E-state index contributed by atoms with van der Waals surface area (Å²) in [5.74, 6) is -0.00477. The molecule has 0 saturated carbocycles. The number of aromatic nitrogens is 3. The van der Waals surface area contributed by atoms with Crippen LogP contribution in [-0.4, -0.2) is 32.4 Å². The first-order chi connectivity index (χ1) is 6.20. The molecule has 68 valence electrons. The molecule has 1 aliphatic heterocycles. The van der Waals surface area contributed by atoms with E-state index >= 15 is 0 Å². The molecule has 0 saturated heterocycles. The zero-order chi connectivity index (χ0) is 9.42. The van der Waals surface area contributed by atoms with Crippen molar-refractivity contribution in [1.82, 2.24) is 15.2 Å². The molecule has 0 radical (unpaired) electrons. The molecule has 13 heavy (non-hydrogen) atoms. The van der Waals surface area contributed by atoms with Crippen LogP contribution in [0.4, 0.5) is 5.95 Å². The minimum absolute atomic E-state index is 0.255. The maximum atomic E-state index is 11.4. The first-order valence-corrected chi connectivity index (χ1v) is 3.75. The number of anilines is 1. The fourth-order valence-electron chi connectivity index (χ4n) is 1.22. The third-order valence-electron chi connectivity index (χ3n) is 1.85. The molecule has 1 aliphatic rings. The maximum Gasteiger partial charge on any atom is 0.258 e. The Bertz CT molecular complexity index is 357. The van der Waals surface area contributed by atoms with Gasteiger partial charge in [0.15, 0.2) is 6.23 Å². The number of rotatable bonds is 1. The average Bonchev–Trinajstić information content (AvgIpc) is 2.63. The van der Waals surface area contributed by atoms with Crippen molar-refractivity contribution in [1.29, 1.82) is 0 Å². The predicted octanol–water partition coefficient (Wildman–Crippen LogP) is -0.584. The molecule has 0 aromatic carbocycles. The molecular formula is C7H8N4O2. The Morgan fingerprint density at radius 2 is 2.46 bits per heavy atom. The maximum absolute atomic E-state index is 11.4. The van der Waals surface area contributed by atoms with E-state index in [1.54, 1.807) is 6.92 Å². The van der Waals surface area contributed by atoms with E-state index in [9.17, 15) is 9.90 Å². The largest absolute Gasteiger partial charge is 0.369 e. The van der Waals surface area contributed by atoms with E-state index in [0.717, 1.165) is 4.90 Å². The van der Waals surface area contributed by atoms with Crippen LogP contribution in [0.1, 0.15) is 6.92 Å². The lowest BCUT2D eigenvalue weighted by Crippen LogP contribution is -2.35. The van der Waals surface area contributed by atoms with Crippen molar-refractivity contribution in [2.45, 2.75) is 13.2 Å². The van der Waals surface area contributed by atoms with Crippen molar-refractivity contribution in [3.05, 3.63) is 18.0 Å². The van der Waals surface area contributed by atoms with E-state index in [0.29, 0.717) is 5.57 Å². The van der Waals surface area contributed by atoms with Gasteiger partial charge in [0.25, 0.3) is 5.91 Å². The Balaban J connectivity index is 2.33. The first kappa shape index (κ1) is 7.93. The summed E-state index contributed by atoms with van der Waals surface area (Å²) in [5, 5.41) is 15.6. The number of aliphatic hydroxyl groups excluding tert-OH is 1. The van der Waals surface area contributed by atoms with Crippen LogP contribution in [0.25, 0.3) is 0 Å². The van der Waals surface area contributed by atoms with E-state index in [2.05, 4.69) is 15.2 Å². The quantitative estimate of drug-likeness (QED) is 0.605. The van der Waals surface area contributed by atoms with Gasteiger partial charge in [0.2, 0.25) is 5.95 Å². The van der Waals surface area contributed by atoms with Gasteiger partial charge in [-0.1, -0.05) is 0 Å².